The maximum Gasteiger partial charge on any atom is 0.119 e. The first-order chi connectivity index (χ1) is 13.4. The molecule has 3 aromatic carbocycles. The largest absolute Gasteiger partial charge is 0.489 e. The summed E-state index contributed by atoms with van der Waals surface area (Å²) < 4.78 is 5.95. The van der Waals surface area contributed by atoms with Crippen LogP contribution in [0.15, 0.2) is 84.9 Å². The summed E-state index contributed by atoms with van der Waals surface area (Å²) in [6, 6.07) is 30.0. The van der Waals surface area contributed by atoms with E-state index in [1.54, 1.807) is 0 Å². The molecule has 3 heteroatoms. The Hall–Kier alpha value is -2.62. The molecular formula is C24H26N2O. The predicted molar refractivity (Wildman–Crippen MR) is 110 cm³/mol. The number of piperazine rings is 1. The Balaban J connectivity index is 1.51. The van der Waals surface area contributed by atoms with Gasteiger partial charge in [-0.05, 0) is 28.8 Å². The molecule has 0 bridgehead atoms. The van der Waals surface area contributed by atoms with Crippen LogP contribution in [0.25, 0.3) is 0 Å². The second-order valence-corrected chi connectivity index (χ2v) is 6.94. The number of ether oxygens (including phenoxy) is 1. The highest BCUT2D eigenvalue weighted by molar-refractivity contribution is 5.36. The van der Waals surface area contributed by atoms with Crippen molar-refractivity contribution in [2.45, 2.75) is 12.6 Å². The fourth-order valence-electron chi connectivity index (χ4n) is 3.68. The molecule has 0 saturated carbocycles. The van der Waals surface area contributed by atoms with E-state index in [-0.39, 0.29) is 6.04 Å². The van der Waals surface area contributed by atoms with Crippen LogP contribution in [0.5, 0.6) is 5.75 Å². The van der Waals surface area contributed by atoms with Gasteiger partial charge in [-0.3, -0.25) is 4.90 Å². The number of benzene rings is 3. The van der Waals surface area contributed by atoms with Crippen LogP contribution < -0.4 is 10.1 Å². The lowest BCUT2D eigenvalue weighted by Crippen LogP contribution is -2.45. The molecule has 0 radical (unpaired) electrons. The molecule has 0 unspecified atom stereocenters. The van der Waals surface area contributed by atoms with Gasteiger partial charge in [-0.15, -0.1) is 0 Å². The van der Waals surface area contributed by atoms with Gasteiger partial charge in [0.2, 0.25) is 0 Å². The van der Waals surface area contributed by atoms with E-state index in [2.05, 4.69) is 76.9 Å². The predicted octanol–water partition coefficient (Wildman–Crippen LogP) is 4.26. The Bertz CT molecular complexity index is 812. The Kier molecular flexibility index (Phi) is 5.83. The quantitative estimate of drug-likeness (QED) is 0.712. The summed E-state index contributed by atoms with van der Waals surface area (Å²) in [4.78, 5) is 2.56. The van der Waals surface area contributed by atoms with Gasteiger partial charge in [-0.2, -0.15) is 0 Å². The summed E-state index contributed by atoms with van der Waals surface area (Å²) in [6.07, 6.45) is 0. The van der Waals surface area contributed by atoms with Crippen LogP contribution in [0.4, 0.5) is 0 Å². The molecule has 0 aliphatic carbocycles. The van der Waals surface area contributed by atoms with E-state index in [0.717, 1.165) is 31.9 Å². The Morgan fingerprint density at radius 1 is 0.741 bits per heavy atom. The van der Waals surface area contributed by atoms with E-state index in [1.165, 1.54) is 16.7 Å². The third kappa shape index (κ3) is 4.57. The number of nitrogens with zero attached hydrogens (tertiary/aromatic N) is 1. The molecule has 1 N–H and O–H groups in total. The van der Waals surface area contributed by atoms with E-state index in [4.69, 9.17) is 4.74 Å². The minimum Gasteiger partial charge on any atom is -0.489 e. The monoisotopic (exact) mass is 358 g/mol. The average Bonchev–Trinajstić information content (AvgIpc) is 2.76. The summed E-state index contributed by atoms with van der Waals surface area (Å²) in [5.41, 5.74) is 3.84. The zero-order valence-electron chi connectivity index (χ0n) is 15.6. The van der Waals surface area contributed by atoms with Gasteiger partial charge in [0, 0.05) is 26.2 Å². The smallest absolute Gasteiger partial charge is 0.119 e. The molecular weight excluding hydrogens is 332 g/mol. The molecule has 0 spiro atoms. The standard InChI is InChI=1S/C24H26N2O/c1-3-7-20(8-4-1)19-27-23-13-11-22(12-14-23)24(21-9-5-2-6-10-21)26-17-15-25-16-18-26/h1-14,24-25H,15-19H2/t24-/m0/s1. The van der Waals surface area contributed by atoms with Crippen molar-refractivity contribution < 1.29 is 4.74 Å². The molecule has 1 aliphatic heterocycles. The van der Waals surface area contributed by atoms with Crippen LogP contribution in [0.1, 0.15) is 22.7 Å². The minimum atomic E-state index is 0.288. The normalized spacial score (nSPS) is 16.0. The lowest BCUT2D eigenvalue weighted by atomic mass is 9.96. The molecule has 27 heavy (non-hydrogen) atoms. The Morgan fingerprint density at radius 2 is 1.33 bits per heavy atom. The lowest BCUT2D eigenvalue weighted by Gasteiger charge is -2.35. The van der Waals surface area contributed by atoms with Gasteiger partial charge in [0.05, 0.1) is 6.04 Å². The van der Waals surface area contributed by atoms with Crippen molar-refractivity contribution in [2.24, 2.45) is 0 Å². The number of hydrogen-bond donors (Lipinski definition) is 1. The topological polar surface area (TPSA) is 24.5 Å². The van der Waals surface area contributed by atoms with E-state index >= 15 is 0 Å². The first-order valence-corrected chi connectivity index (χ1v) is 9.66. The zero-order chi connectivity index (χ0) is 18.3. The highest BCUT2D eigenvalue weighted by atomic mass is 16.5. The van der Waals surface area contributed by atoms with Gasteiger partial charge in [-0.25, -0.2) is 0 Å². The van der Waals surface area contributed by atoms with Crippen molar-refractivity contribution in [1.29, 1.82) is 0 Å². The highest BCUT2D eigenvalue weighted by Gasteiger charge is 2.23. The fourth-order valence-corrected chi connectivity index (χ4v) is 3.68. The van der Waals surface area contributed by atoms with Gasteiger partial charge >= 0.3 is 0 Å². The van der Waals surface area contributed by atoms with Crippen LogP contribution >= 0.6 is 0 Å². The highest BCUT2D eigenvalue weighted by Crippen LogP contribution is 2.30. The van der Waals surface area contributed by atoms with Crippen LogP contribution in [0.3, 0.4) is 0 Å². The number of nitrogens with one attached hydrogen (secondary N) is 1. The van der Waals surface area contributed by atoms with E-state index in [1.807, 2.05) is 18.2 Å². The summed E-state index contributed by atoms with van der Waals surface area (Å²) in [5.74, 6) is 0.912. The molecule has 0 amide bonds. The maximum atomic E-state index is 5.95. The number of rotatable bonds is 6. The maximum absolute atomic E-state index is 5.95. The first kappa shape index (κ1) is 17.8. The molecule has 3 nitrogen and oxygen atoms in total. The van der Waals surface area contributed by atoms with E-state index in [0.29, 0.717) is 6.61 Å². The van der Waals surface area contributed by atoms with Gasteiger partial charge in [0.15, 0.2) is 0 Å². The molecule has 1 aliphatic rings. The van der Waals surface area contributed by atoms with Crippen molar-refractivity contribution in [3.8, 4) is 5.75 Å². The SMILES string of the molecule is c1ccc(COc2ccc([C@H](c3ccccc3)N3CCNCC3)cc2)cc1. The van der Waals surface area contributed by atoms with Crippen LogP contribution in [0.2, 0.25) is 0 Å². The third-order valence-corrected chi connectivity index (χ3v) is 5.08. The van der Waals surface area contributed by atoms with Crippen LogP contribution in [-0.4, -0.2) is 31.1 Å². The minimum absolute atomic E-state index is 0.288. The van der Waals surface area contributed by atoms with Crippen LogP contribution in [-0.2, 0) is 6.61 Å². The van der Waals surface area contributed by atoms with Crippen molar-refractivity contribution in [1.82, 2.24) is 10.2 Å². The van der Waals surface area contributed by atoms with Gasteiger partial charge in [0.1, 0.15) is 12.4 Å². The molecule has 1 saturated heterocycles. The zero-order valence-corrected chi connectivity index (χ0v) is 15.6. The van der Waals surface area contributed by atoms with Gasteiger partial charge < -0.3 is 10.1 Å². The molecule has 1 fully saturated rings. The van der Waals surface area contributed by atoms with Crippen molar-refractivity contribution in [2.75, 3.05) is 26.2 Å². The summed E-state index contributed by atoms with van der Waals surface area (Å²) in [5, 5.41) is 3.45. The van der Waals surface area contributed by atoms with Crippen molar-refractivity contribution in [3.05, 3.63) is 102 Å². The second-order valence-electron chi connectivity index (χ2n) is 6.94. The summed E-state index contributed by atoms with van der Waals surface area (Å²) in [7, 11) is 0. The van der Waals surface area contributed by atoms with Gasteiger partial charge in [-0.1, -0.05) is 72.8 Å². The number of hydrogen-bond acceptors (Lipinski definition) is 3. The van der Waals surface area contributed by atoms with Crippen molar-refractivity contribution >= 4 is 0 Å². The molecule has 3 aromatic rings. The van der Waals surface area contributed by atoms with Crippen LogP contribution in [0, 0.1) is 0 Å². The summed E-state index contributed by atoms with van der Waals surface area (Å²) >= 11 is 0. The van der Waals surface area contributed by atoms with E-state index in [9.17, 15) is 0 Å². The molecule has 0 aromatic heterocycles. The van der Waals surface area contributed by atoms with Crippen molar-refractivity contribution in [3.63, 3.8) is 0 Å². The average molecular weight is 358 g/mol. The fraction of sp³-hybridized carbons (Fsp3) is 0.250. The molecule has 4 rings (SSSR count). The third-order valence-electron chi connectivity index (χ3n) is 5.08. The van der Waals surface area contributed by atoms with Gasteiger partial charge in [0.25, 0.3) is 0 Å². The lowest BCUT2D eigenvalue weighted by molar-refractivity contribution is 0.198. The second kappa shape index (κ2) is 8.85. The molecule has 138 valence electrons. The summed E-state index contributed by atoms with van der Waals surface area (Å²) in [6.45, 7) is 4.81. The van der Waals surface area contributed by atoms with E-state index < -0.39 is 0 Å². The Morgan fingerprint density at radius 3 is 2.00 bits per heavy atom. The first-order valence-electron chi connectivity index (χ1n) is 9.66. The molecule has 1 heterocycles. The Labute approximate surface area is 161 Å². The molecule has 1 atom stereocenters.